The summed E-state index contributed by atoms with van der Waals surface area (Å²) in [7, 11) is 0. The molecule has 0 aromatic heterocycles. The van der Waals surface area contributed by atoms with E-state index in [0.717, 1.165) is 12.1 Å². The summed E-state index contributed by atoms with van der Waals surface area (Å²) in [6.07, 6.45) is 0.298. The van der Waals surface area contributed by atoms with Crippen molar-refractivity contribution < 1.29 is 8.78 Å². The van der Waals surface area contributed by atoms with Gasteiger partial charge in [0.1, 0.15) is 0 Å². The summed E-state index contributed by atoms with van der Waals surface area (Å²) in [5.41, 5.74) is 5.81. The lowest BCUT2D eigenvalue weighted by Crippen LogP contribution is -2.11. The fourth-order valence-corrected chi connectivity index (χ4v) is 1.02. The Kier molecular flexibility index (Phi) is 2.70. The van der Waals surface area contributed by atoms with Crippen LogP contribution in [0.15, 0.2) is 18.2 Å². The molecule has 0 bridgehead atoms. The zero-order chi connectivity index (χ0) is 9.14. The van der Waals surface area contributed by atoms with Crippen LogP contribution in [-0.2, 0) is 6.42 Å². The van der Waals surface area contributed by atoms with Crippen molar-refractivity contribution in [1.82, 2.24) is 0 Å². The molecule has 0 saturated heterocycles. The van der Waals surface area contributed by atoms with Crippen LogP contribution in [-0.4, -0.2) is 4.99 Å². The molecule has 0 aliphatic rings. The van der Waals surface area contributed by atoms with Gasteiger partial charge in [0.2, 0.25) is 0 Å². The van der Waals surface area contributed by atoms with Crippen molar-refractivity contribution in [2.45, 2.75) is 6.42 Å². The molecule has 4 heteroatoms. The second kappa shape index (κ2) is 3.58. The molecule has 1 aromatic rings. The number of thiocarbonyl (C=S) groups is 1. The number of hydrogen-bond donors (Lipinski definition) is 1. The van der Waals surface area contributed by atoms with Crippen LogP contribution in [0, 0.1) is 11.6 Å². The maximum absolute atomic E-state index is 12.6. The largest absolute Gasteiger partial charge is 0.393 e. The molecule has 12 heavy (non-hydrogen) atoms. The number of nitrogens with two attached hydrogens (primary N) is 1. The van der Waals surface area contributed by atoms with E-state index < -0.39 is 11.6 Å². The Morgan fingerprint density at radius 3 is 2.50 bits per heavy atom. The highest BCUT2D eigenvalue weighted by molar-refractivity contribution is 7.80. The van der Waals surface area contributed by atoms with Crippen molar-refractivity contribution in [2.24, 2.45) is 5.73 Å². The van der Waals surface area contributed by atoms with Gasteiger partial charge in [-0.3, -0.25) is 0 Å². The Morgan fingerprint density at radius 1 is 1.33 bits per heavy atom. The lowest BCUT2D eigenvalue weighted by atomic mass is 10.1. The molecule has 0 unspecified atom stereocenters. The first-order valence-corrected chi connectivity index (χ1v) is 3.72. The second-order valence-corrected chi connectivity index (χ2v) is 2.92. The Labute approximate surface area is 74.2 Å². The predicted octanol–water partition coefficient (Wildman–Crippen LogP) is 1.79. The van der Waals surface area contributed by atoms with E-state index in [-0.39, 0.29) is 4.99 Å². The highest BCUT2D eigenvalue weighted by Crippen LogP contribution is 2.08. The molecule has 0 aliphatic heterocycles. The van der Waals surface area contributed by atoms with Gasteiger partial charge in [-0.25, -0.2) is 8.78 Å². The van der Waals surface area contributed by atoms with Gasteiger partial charge in [0, 0.05) is 6.42 Å². The normalized spacial score (nSPS) is 9.83. The highest BCUT2D eigenvalue weighted by Gasteiger charge is 2.02. The molecule has 1 aromatic carbocycles. The Hall–Kier alpha value is -1.03. The van der Waals surface area contributed by atoms with Crippen molar-refractivity contribution in [3.63, 3.8) is 0 Å². The number of halogens is 2. The van der Waals surface area contributed by atoms with Gasteiger partial charge in [0.15, 0.2) is 11.6 Å². The van der Waals surface area contributed by atoms with Gasteiger partial charge in [-0.15, -0.1) is 0 Å². The maximum Gasteiger partial charge on any atom is 0.159 e. The molecule has 0 fully saturated rings. The molecule has 0 radical (unpaired) electrons. The van der Waals surface area contributed by atoms with Crippen LogP contribution in [0.1, 0.15) is 5.56 Å². The standard InChI is InChI=1S/C8H7F2NS/c9-6-2-1-5(3-7(6)10)4-8(11)12/h1-3H,4H2,(H2,11,12). The van der Waals surface area contributed by atoms with E-state index in [0.29, 0.717) is 12.0 Å². The van der Waals surface area contributed by atoms with Gasteiger partial charge >= 0.3 is 0 Å². The van der Waals surface area contributed by atoms with Gasteiger partial charge in [-0.2, -0.15) is 0 Å². The van der Waals surface area contributed by atoms with Crippen LogP contribution in [0.25, 0.3) is 0 Å². The van der Waals surface area contributed by atoms with E-state index in [2.05, 4.69) is 12.2 Å². The molecule has 0 atom stereocenters. The first-order valence-electron chi connectivity index (χ1n) is 3.32. The third kappa shape index (κ3) is 2.23. The fourth-order valence-electron chi connectivity index (χ4n) is 0.851. The summed E-state index contributed by atoms with van der Waals surface area (Å²) >= 11 is 4.62. The van der Waals surface area contributed by atoms with Crippen LogP contribution in [0.5, 0.6) is 0 Å². The molecule has 0 heterocycles. The van der Waals surface area contributed by atoms with E-state index in [1.165, 1.54) is 6.07 Å². The molecule has 2 N–H and O–H groups in total. The van der Waals surface area contributed by atoms with Gasteiger partial charge in [0.05, 0.1) is 4.99 Å². The minimum atomic E-state index is -0.872. The average molecular weight is 187 g/mol. The van der Waals surface area contributed by atoms with Crippen molar-refractivity contribution in [1.29, 1.82) is 0 Å². The van der Waals surface area contributed by atoms with Crippen molar-refractivity contribution in [3.05, 3.63) is 35.4 Å². The summed E-state index contributed by atoms with van der Waals surface area (Å²) < 4.78 is 25.0. The summed E-state index contributed by atoms with van der Waals surface area (Å²) in [4.78, 5) is 0.265. The topological polar surface area (TPSA) is 26.0 Å². The van der Waals surface area contributed by atoms with Crippen molar-refractivity contribution in [2.75, 3.05) is 0 Å². The summed E-state index contributed by atoms with van der Waals surface area (Å²) in [5, 5.41) is 0. The molecule has 0 saturated carbocycles. The minimum Gasteiger partial charge on any atom is -0.393 e. The van der Waals surface area contributed by atoms with Gasteiger partial charge in [-0.05, 0) is 17.7 Å². The van der Waals surface area contributed by atoms with Gasteiger partial charge in [-0.1, -0.05) is 18.3 Å². The van der Waals surface area contributed by atoms with E-state index in [1.807, 2.05) is 0 Å². The number of benzene rings is 1. The van der Waals surface area contributed by atoms with Crippen molar-refractivity contribution in [3.8, 4) is 0 Å². The molecule has 1 nitrogen and oxygen atoms in total. The quantitative estimate of drug-likeness (QED) is 0.714. The molecule has 1 rings (SSSR count). The minimum absolute atomic E-state index is 0.265. The predicted molar refractivity (Wildman–Crippen MR) is 46.8 cm³/mol. The lowest BCUT2D eigenvalue weighted by molar-refractivity contribution is 0.507. The molecule has 0 aliphatic carbocycles. The second-order valence-electron chi connectivity index (χ2n) is 2.39. The number of hydrogen-bond acceptors (Lipinski definition) is 1. The third-order valence-electron chi connectivity index (χ3n) is 1.36. The smallest absolute Gasteiger partial charge is 0.159 e. The SMILES string of the molecule is NC(=S)Cc1ccc(F)c(F)c1. The van der Waals surface area contributed by atoms with E-state index in [9.17, 15) is 8.78 Å². The summed E-state index contributed by atoms with van der Waals surface area (Å²) in [6, 6.07) is 3.61. The molecular formula is C8H7F2NS. The van der Waals surface area contributed by atoms with Crippen LogP contribution in [0.4, 0.5) is 8.78 Å². The third-order valence-corrected chi connectivity index (χ3v) is 1.51. The summed E-state index contributed by atoms with van der Waals surface area (Å²) in [5.74, 6) is -1.73. The lowest BCUT2D eigenvalue weighted by Gasteiger charge is -1.99. The first kappa shape index (κ1) is 9.06. The van der Waals surface area contributed by atoms with Crippen LogP contribution in [0.2, 0.25) is 0 Å². The van der Waals surface area contributed by atoms with E-state index in [4.69, 9.17) is 5.73 Å². The average Bonchev–Trinajstić information content (AvgIpc) is 1.96. The van der Waals surface area contributed by atoms with Gasteiger partial charge in [0.25, 0.3) is 0 Å². The molecular weight excluding hydrogens is 180 g/mol. The molecule has 64 valence electrons. The monoisotopic (exact) mass is 187 g/mol. The van der Waals surface area contributed by atoms with Crippen LogP contribution in [0.3, 0.4) is 0 Å². The fraction of sp³-hybridized carbons (Fsp3) is 0.125. The number of rotatable bonds is 2. The maximum atomic E-state index is 12.6. The van der Waals surface area contributed by atoms with E-state index in [1.54, 1.807) is 0 Å². The summed E-state index contributed by atoms with van der Waals surface area (Å²) in [6.45, 7) is 0. The zero-order valence-corrected chi connectivity index (χ0v) is 7.00. The van der Waals surface area contributed by atoms with Crippen LogP contribution < -0.4 is 5.73 Å². The van der Waals surface area contributed by atoms with Crippen LogP contribution >= 0.6 is 12.2 Å². The first-order chi connectivity index (χ1) is 5.59. The molecule has 0 spiro atoms. The van der Waals surface area contributed by atoms with Crippen molar-refractivity contribution >= 4 is 17.2 Å². The Balaban J connectivity index is 2.89. The Morgan fingerprint density at radius 2 is 2.00 bits per heavy atom. The molecule has 0 amide bonds. The Bertz CT molecular complexity index is 312. The zero-order valence-electron chi connectivity index (χ0n) is 6.18. The van der Waals surface area contributed by atoms with Gasteiger partial charge < -0.3 is 5.73 Å². The highest BCUT2D eigenvalue weighted by atomic mass is 32.1. The van der Waals surface area contributed by atoms with E-state index >= 15 is 0 Å².